The molecular formula is C21H26ClFN2O4S. The smallest absolute Gasteiger partial charge is 0.243 e. The van der Waals surface area contributed by atoms with Crippen molar-refractivity contribution in [1.82, 2.24) is 9.62 Å². The summed E-state index contributed by atoms with van der Waals surface area (Å²) in [5.74, 6) is 0.710. The van der Waals surface area contributed by atoms with Gasteiger partial charge in [0.25, 0.3) is 0 Å². The summed E-state index contributed by atoms with van der Waals surface area (Å²) in [5, 5.41) is -0.207. The second-order valence-corrected chi connectivity index (χ2v) is 9.33. The van der Waals surface area contributed by atoms with Gasteiger partial charge >= 0.3 is 0 Å². The molecule has 2 aromatic carbocycles. The first-order valence-corrected chi connectivity index (χ1v) is 11.7. The summed E-state index contributed by atoms with van der Waals surface area (Å²) in [7, 11) is -2.32. The molecule has 164 valence electrons. The zero-order valence-electron chi connectivity index (χ0n) is 16.8. The first-order chi connectivity index (χ1) is 14.4. The molecule has 1 aliphatic rings. The number of hydrogen-bond acceptors (Lipinski definition) is 5. The molecule has 0 aromatic heterocycles. The molecule has 0 spiro atoms. The number of benzene rings is 2. The lowest BCUT2D eigenvalue weighted by Crippen LogP contribution is -2.40. The Balaban J connectivity index is 1.42. The van der Waals surface area contributed by atoms with E-state index in [4.69, 9.17) is 21.1 Å². The number of methoxy groups -OCH3 is 1. The van der Waals surface area contributed by atoms with Gasteiger partial charge in [0.2, 0.25) is 10.0 Å². The van der Waals surface area contributed by atoms with Crippen molar-refractivity contribution >= 4 is 21.6 Å². The summed E-state index contributed by atoms with van der Waals surface area (Å²) in [4.78, 5) is 1.87. The van der Waals surface area contributed by atoms with Gasteiger partial charge in [-0.15, -0.1) is 0 Å². The van der Waals surface area contributed by atoms with Gasteiger partial charge in [-0.05, 0) is 56.1 Å². The van der Waals surface area contributed by atoms with Gasteiger partial charge in [-0.3, -0.25) is 4.90 Å². The molecular weight excluding hydrogens is 431 g/mol. The van der Waals surface area contributed by atoms with Gasteiger partial charge < -0.3 is 9.47 Å². The van der Waals surface area contributed by atoms with E-state index in [9.17, 15) is 12.8 Å². The number of sulfonamides is 1. The van der Waals surface area contributed by atoms with Gasteiger partial charge in [0.15, 0.2) is 17.3 Å². The lowest BCUT2D eigenvalue weighted by atomic mass is 9.97. The third-order valence-electron chi connectivity index (χ3n) is 5.21. The molecule has 0 saturated carbocycles. The van der Waals surface area contributed by atoms with Crippen LogP contribution in [-0.4, -0.2) is 53.2 Å². The Morgan fingerprint density at radius 1 is 1.13 bits per heavy atom. The van der Waals surface area contributed by atoms with E-state index in [0.29, 0.717) is 12.4 Å². The van der Waals surface area contributed by atoms with Gasteiger partial charge in [0.05, 0.1) is 12.1 Å². The molecule has 30 heavy (non-hydrogen) atoms. The number of piperidine rings is 1. The molecule has 0 atom stereocenters. The fourth-order valence-corrected chi connectivity index (χ4v) is 4.88. The second kappa shape index (κ2) is 10.4. The van der Waals surface area contributed by atoms with Crippen LogP contribution in [0.15, 0.2) is 47.4 Å². The second-order valence-electron chi connectivity index (χ2n) is 7.19. The van der Waals surface area contributed by atoms with Gasteiger partial charge in [-0.25, -0.2) is 17.5 Å². The largest absolute Gasteiger partial charge is 0.493 e. The molecule has 1 N–H and O–H groups in total. The number of ether oxygens (including phenoxy) is 2. The first-order valence-electron chi connectivity index (χ1n) is 9.82. The molecule has 3 rings (SSSR count). The Kier molecular flexibility index (Phi) is 7.93. The molecule has 1 heterocycles. The molecule has 6 nitrogen and oxygen atoms in total. The highest BCUT2D eigenvalue weighted by Gasteiger charge is 2.24. The SMILES string of the molecule is COc1ccccc1OCCN1CCC(CNS(=O)(=O)c2cccc(Cl)c2F)CC1. The molecule has 0 unspecified atom stereocenters. The Labute approximate surface area is 182 Å². The van der Waals surface area contributed by atoms with Crippen molar-refractivity contribution < 1.29 is 22.3 Å². The van der Waals surface area contributed by atoms with E-state index in [1.54, 1.807) is 7.11 Å². The van der Waals surface area contributed by atoms with Crippen LogP contribution in [0.3, 0.4) is 0 Å². The Morgan fingerprint density at radius 2 is 1.83 bits per heavy atom. The van der Waals surface area contributed by atoms with Crippen molar-refractivity contribution in [1.29, 1.82) is 0 Å². The maximum Gasteiger partial charge on any atom is 0.243 e. The maximum absolute atomic E-state index is 14.0. The highest BCUT2D eigenvalue weighted by atomic mass is 35.5. The fraction of sp³-hybridized carbons (Fsp3) is 0.429. The zero-order valence-corrected chi connectivity index (χ0v) is 18.4. The van der Waals surface area contributed by atoms with Gasteiger partial charge in [0, 0.05) is 13.1 Å². The number of hydrogen-bond donors (Lipinski definition) is 1. The average molecular weight is 457 g/mol. The molecule has 0 radical (unpaired) electrons. The Morgan fingerprint density at radius 3 is 2.53 bits per heavy atom. The molecule has 2 aromatic rings. The summed E-state index contributed by atoms with van der Waals surface area (Å²) in [6, 6.07) is 11.5. The summed E-state index contributed by atoms with van der Waals surface area (Å²) in [6.07, 6.45) is 1.71. The van der Waals surface area contributed by atoms with Crippen molar-refractivity contribution in [2.75, 3.05) is 39.9 Å². The van der Waals surface area contributed by atoms with Crippen LogP contribution in [0.4, 0.5) is 4.39 Å². The lowest BCUT2D eigenvalue weighted by Gasteiger charge is -2.31. The number of halogens is 2. The normalized spacial score (nSPS) is 15.8. The molecule has 1 aliphatic heterocycles. The Bertz CT molecular complexity index is 950. The molecule has 1 saturated heterocycles. The van der Waals surface area contributed by atoms with Gasteiger partial charge in [0.1, 0.15) is 11.5 Å². The van der Waals surface area contributed by atoms with Gasteiger partial charge in [-0.1, -0.05) is 29.8 Å². The number of rotatable bonds is 9. The fourth-order valence-electron chi connectivity index (χ4n) is 3.43. The van der Waals surface area contributed by atoms with E-state index >= 15 is 0 Å². The Hall–Kier alpha value is -1.87. The highest BCUT2D eigenvalue weighted by molar-refractivity contribution is 7.89. The van der Waals surface area contributed by atoms with Crippen LogP contribution in [0.5, 0.6) is 11.5 Å². The van der Waals surface area contributed by atoms with E-state index in [0.717, 1.165) is 38.2 Å². The van der Waals surface area contributed by atoms with Gasteiger partial charge in [-0.2, -0.15) is 0 Å². The average Bonchev–Trinajstić information content (AvgIpc) is 2.75. The van der Waals surface area contributed by atoms with Crippen LogP contribution in [0.25, 0.3) is 0 Å². The maximum atomic E-state index is 14.0. The summed E-state index contributed by atoms with van der Waals surface area (Å²) >= 11 is 5.69. The monoisotopic (exact) mass is 456 g/mol. The first kappa shape index (κ1) is 22.8. The molecule has 0 bridgehead atoms. The van der Waals surface area contributed by atoms with E-state index < -0.39 is 20.7 Å². The third-order valence-corrected chi connectivity index (χ3v) is 6.94. The van der Waals surface area contributed by atoms with Crippen molar-refractivity contribution in [3.63, 3.8) is 0 Å². The van der Waals surface area contributed by atoms with Crippen molar-refractivity contribution in [2.24, 2.45) is 5.92 Å². The van der Waals surface area contributed by atoms with E-state index in [2.05, 4.69) is 9.62 Å². The number of likely N-dealkylation sites (tertiary alicyclic amines) is 1. The standard InChI is InChI=1S/C21H26ClFN2O4S/c1-28-18-6-2-3-7-19(18)29-14-13-25-11-9-16(10-12-25)15-24-30(26,27)20-8-4-5-17(22)21(20)23/h2-8,16,24H,9-15H2,1H3. The predicted octanol–water partition coefficient (Wildman–Crippen LogP) is 3.56. The van der Waals surface area contributed by atoms with Crippen molar-refractivity contribution in [3.05, 3.63) is 53.3 Å². The van der Waals surface area contributed by atoms with E-state index in [1.165, 1.54) is 18.2 Å². The van der Waals surface area contributed by atoms with Crippen LogP contribution in [0.1, 0.15) is 12.8 Å². The topological polar surface area (TPSA) is 67.9 Å². The molecule has 0 amide bonds. The summed E-state index contributed by atoms with van der Waals surface area (Å²) < 4.78 is 52.4. The van der Waals surface area contributed by atoms with Crippen LogP contribution in [0, 0.1) is 11.7 Å². The van der Waals surface area contributed by atoms with E-state index in [-0.39, 0.29) is 17.5 Å². The summed E-state index contributed by atoms with van der Waals surface area (Å²) in [5.41, 5.74) is 0. The number of para-hydroxylation sites is 2. The van der Waals surface area contributed by atoms with Crippen LogP contribution < -0.4 is 14.2 Å². The molecule has 9 heteroatoms. The minimum absolute atomic E-state index is 0.202. The third kappa shape index (κ3) is 5.85. The summed E-state index contributed by atoms with van der Waals surface area (Å²) in [6.45, 7) is 3.32. The number of nitrogens with zero attached hydrogens (tertiary/aromatic N) is 1. The number of nitrogens with one attached hydrogen (secondary N) is 1. The molecule has 1 fully saturated rings. The predicted molar refractivity (Wildman–Crippen MR) is 114 cm³/mol. The highest BCUT2D eigenvalue weighted by Crippen LogP contribution is 2.26. The lowest BCUT2D eigenvalue weighted by molar-refractivity contribution is 0.154. The van der Waals surface area contributed by atoms with E-state index in [1.807, 2.05) is 24.3 Å². The minimum Gasteiger partial charge on any atom is -0.493 e. The minimum atomic E-state index is -3.93. The van der Waals surface area contributed by atoms with Crippen LogP contribution >= 0.6 is 11.6 Å². The van der Waals surface area contributed by atoms with Crippen LogP contribution in [0.2, 0.25) is 5.02 Å². The van der Waals surface area contributed by atoms with Crippen molar-refractivity contribution in [3.8, 4) is 11.5 Å². The van der Waals surface area contributed by atoms with Crippen LogP contribution in [-0.2, 0) is 10.0 Å². The molecule has 0 aliphatic carbocycles. The van der Waals surface area contributed by atoms with Crippen molar-refractivity contribution in [2.45, 2.75) is 17.7 Å². The quantitative estimate of drug-likeness (QED) is 0.625. The zero-order chi connectivity index (χ0) is 21.6.